The Morgan fingerprint density at radius 1 is 1.33 bits per heavy atom. The Balaban J connectivity index is 3.37. The molecule has 4 heteroatoms. The predicted octanol–water partition coefficient (Wildman–Crippen LogP) is 2.92. The van der Waals surface area contributed by atoms with E-state index in [1.54, 1.807) is 13.0 Å². The van der Waals surface area contributed by atoms with Gasteiger partial charge in [0, 0.05) is 17.2 Å². The standard InChI is InChI=1S/C11H15NO3/c1-5-15-11-7(2)6-10(12(13)14)8(3)9(11)4/h6H,5H2,1-4H3. The summed E-state index contributed by atoms with van der Waals surface area (Å²) in [5, 5.41) is 10.8. The molecule has 82 valence electrons. The average molecular weight is 209 g/mol. The molecule has 0 saturated carbocycles. The third kappa shape index (κ3) is 2.09. The van der Waals surface area contributed by atoms with Crippen LogP contribution in [0.5, 0.6) is 5.75 Å². The van der Waals surface area contributed by atoms with Crippen molar-refractivity contribution < 1.29 is 9.66 Å². The van der Waals surface area contributed by atoms with Crippen molar-refractivity contribution in [1.82, 2.24) is 0 Å². The Kier molecular flexibility index (Phi) is 3.29. The number of nitro groups is 1. The molecule has 1 aromatic rings. The van der Waals surface area contributed by atoms with Gasteiger partial charge >= 0.3 is 0 Å². The highest BCUT2D eigenvalue weighted by Gasteiger charge is 2.17. The highest BCUT2D eigenvalue weighted by Crippen LogP contribution is 2.32. The number of hydrogen-bond donors (Lipinski definition) is 0. The first-order valence-electron chi connectivity index (χ1n) is 4.87. The molecule has 0 aromatic heterocycles. The van der Waals surface area contributed by atoms with E-state index in [1.165, 1.54) is 0 Å². The van der Waals surface area contributed by atoms with Crippen molar-refractivity contribution in [1.29, 1.82) is 0 Å². The quantitative estimate of drug-likeness (QED) is 0.568. The molecule has 0 aliphatic heterocycles. The van der Waals surface area contributed by atoms with Crippen LogP contribution >= 0.6 is 0 Å². The number of aryl methyl sites for hydroxylation is 1. The van der Waals surface area contributed by atoms with Crippen molar-refractivity contribution in [2.24, 2.45) is 0 Å². The fraction of sp³-hybridized carbons (Fsp3) is 0.455. The lowest BCUT2D eigenvalue weighted by Crippen LogP contribution is -2.01. The normalized spacial score (nSPS) is 10.1. The summed E-state index contributed by atoms with van der Waals surface area (Å²) < 4.78 is 5.46. The molecule has 0 amide bonds. The van der Waals surface area contributed by atoms with E-state index in [9.17, 15) is 10.1 Å². The van der Waals surface area contributed by atoms with Crippen LogP contribution in [0.4, 0.5) is 5.69 Å². The van der Waals surface area contributed by atoms with Crippen LogP contribution in [-0.4, -0.2) is 11.5 Å². The third-order valence-corrected chi connectivity index (χ3v) is 2.48. The van der Waals surface area contributed by atoms with Crippen molar-refractivity contribution in [2.75, 3.05) is 6.61 Å². The molecule has 0 atom stereocenters. The van der Waals surface area contributed by atoms with Crippen LogP contribution in [0.3, 0.4) is 0 Å². The van der Waals surface area contributed by atoms with Crippen LogP contribution in [0.1, 0.15) is 23.6 Å². The first-order valence-corrected chi connectivity index (χ1v) is 4.87. The molecule has 0 spiro atoms. The highest BCUT2D eigenvalue weighted by molar-refractivity contribution is 5.55. The number of rotatable bonds is 3. The van der Waals surface area contributed by atoms with Gasteiger partial charge in [-0.3, -0.25) is 10.1 Å². The number of benzene rings is 1. The van der Waals surface area contributed by atoms with E-state index in [0.717, 1.165) is 16.9 Å². The van der Waals surface area contributed by atoms with Crippen LogP contribution in [0.15, 0.2) is 6.07 Å². The maximum Gasteiger partial charge on any atom is 0.273 e. The maximum atomic E-state index is 10.8. The van der Waals surface area contributed by atoms with Gasteiger partial charge in [0.2, 0.25) is 0 Å². The van der Waals surface area contributed by atoms with E-state index < -0.39 is 0 Å². The Hall–Kier alpha value is -1.58. The lowest BCUT2D eigenvalue weighted by Gasteiger charge is -2.12. The summed E-state index contributed by atoms with van der Waals surface area (Å²) in [6.07, 6.45) is 0. The fourth-order valence-corrected chi connectivity index (χ4v) is 1.59. The molecular weight excluding hydrogens is 194 g/mol. The van der Waals surface area contributed by atoms with Crippen LogP contribution in [0.25, 0.3) is 0 Å². The zero-order valence-corrected chi connectivity index (χ0v) is 9.46. The summed E-state index contributed by atoms with van der Waals surface area (Å²) in [5.41, 5.74) is 2.50. The van der Waals surface area contributed by atoms with Gasteiger partial charge in [0.05, 0.1) is 11.5 Å². The Morgan fingerprint density at radius 2 is 1.93 bits per heavy atom. The van der Waals surface area contributed by atoms with Crippen molar-refractivity contribution in [3.8, 4) is 5.75 Å². The molecule has 0 heterocycles. The Bertz CT molecular complexity index is 399. The number of hydrogen-bond acceptors (Lipinski definition) is 3. The molecule has 0 bridgehead atoms. The zero-order valence-electron chi connectivity index (χ0n) is 9.46. The predicted molar refractivity (Wildman–Crippen MR) is 58.5 cm³/mol. The molecule has 0 radical (unpaired) electrons. The minimum atomic E-state index is -0.356. The van der Waals surface area contributed by atoms with Gasteiger partial charge in [-0.1, -0.05) is 0 Å². The number of nitrogens with zero attached hydrogens (tertiary/aromatic N) is 1. The number of nitro benzene ring substituents is 1. The second-order valence-corrected chi connectivity index (χ2v) is 3.48. The van der Waals surface area contributed by atoms with E-state index >= 15 is 0 Å². The molecule has 0 aliphatic carbocycles. The van der Waals surface area contributed by atoms with E-state index in [-0.39, 0.29) is 10.6 Å². The molecule has 1 aromatic carbocycles. The molecule has 1 rings (SSSR count). The first-order chi connectivity index (χ1) is 6.99. The first kappa shape index (κ1) is 11.5. The van der Waals surface area contributed by atoms with Gasteiger partial charge in [0.15, 0.2) is 0 Å². The minimum Gasteiger partial charge on any atom is -0.493 e. The molecule has 0 saturated heterocycles. The monoisotopic (exact) mass is 209 g/mol. The maximum absolute atomic E-state index is 10.8. The lowest BCUT2D eigenvalue weighted by atomic mass is 10.0. The smallest absolute Gasteiger partial charge is 0.273 e. The van der Waals surface area contributed by atoms with Crippen LogP contribution < -0.4 is 4.74 Å². The van der Waals surface area contributed by atoms with Crippen molar-refractivity contribution >= 4 is 5.69 Å². The summed E-state index contributed by atoms with van der Waals surface area (Å²) in [6, 6.07) is 1.56. The van der Waals surface area contributed by atoms with Crippen molar-refractivity contribution in [3.63, 3.8) is 0 Å². The van der Waals surface area contributed by atoms with Crippen LogP contribution in [0, 0.1) is 30.9 Å². The molecular formula is C11H15NO3. The van der Waals surface area contributed by atoms with Gasteiger partial charge in [-0.25, -0.2) is 0 Å². The summed E-state index contributed by atoms with van der Waals surface area (Å²) in [6.45, 7) is 7.88. The second-order valence-electron chi connectivity index (χ2n) is 3.48. The van der Waals surface area contributed by atoms with E-state index in [0.29, 0.717) is 12.2 Å². The highest BCUT2D eigenvalue weighted by atomic mass is 16.6. The summed E-state index contributed by atoms with van der Waals surface area (Å²) in [7, 11) is 0. The Labute approximate surface area is 89.0 Å². The molecule has 0 N–H and O–H groups in total. The van der Waals surface area contributed by atoms with Gasteiger partial charge in [0.25, 0.3) is 5.69 Å². The third-order valence-electron chi connectivity index (χ3n) is 2.48. The molecule has 0 aliphatic rings. The molecule has 4 nitrogen and oxygen atoms in total. The van der Waals surface area contributed by atoms with Gasteiger partial charge in [-0.15, -0.1) is 0 Å². The van der Waals surface area contributed by atoms with Crippen LogP contribution in [0.2, 0.25) is 0 Å². The summed E-state index contributed by atoms with van der Waals surface area (Å²) in [4.78, 5) is 10.4. The molecule has 0 fully saturated rings. The fourth-order valence-electron chi connectivity index (χ4n) is 1.59. The van der Waals surface area contributed by atoms with E-state index in [4.69, 9.17) is 4.74 Å². The topological polar surface area (TPSA) is 52.4 Å². The van der Waals surface area contributed by atoms with Gasteiger partial charge in [-0.2, -0.15) is 0 Å². The minimum absolute atomic E-state index is 0.161. The van der Waals surface area contributed by atoms with Crippen LogP contribution in [-0.2, 0) is 0 Å². The average Bonchev–Trinajstić information content (AvgIpc) is 2.18. The SMILES string of the molecule is CCOc1c(C)cc([N+](=O)[O-])c(C)c1C. The van der Waals surface area contributed by atoms with Crippen molar-refractivity contribution in [3.05, 3.63) is 32.9 Å². The Morgan fingerprint density at radius 3 is 2.40 bits per heavy atom. The van der Waals surface area contributed by atoms with Gasteiger partial charge in [0.1, 0.15) is 5.75 Å². The van der Waals surface area contributed by atoms with E-state index in [2.05, 4.69) is 0 Å². The van der Waals surface area contributed by atoms with Crippen molar-refractivity contribution in [2.45, 2.75) is 27.7 Å². The molecule has 15 heavy (non-hydrogen) atoms. The zero-order chi connectivity index (χ0) is 11.6. The summed E-state index contributed by atoms with van der Waals surface area (Å²) >= 11 is 0. The number of ether oxygens (including phenoxy) is 1. The van der Waals surface area contributed by atoms with E-state index in [1.807, 2.05) is 20.8 Å². The van der Waals surface area contributed by atoms with Gasteiger partial charge < -0.3 is 4.74 Å². The van der Waals surface area contributed by atoms with Gasteiger partial charge in [-0.05, 0) is 33.3 Å². The summed E-state index contributed by atoms with van der Waals surface area (Å²) in [5.74, 6) is 0.764. The second kappa shape index (κ2) is 4.29. The largest absolute Gasteiger partial charge is 0.493 e. The lowest BCUT2D eigenvalue weighted by molar-refractivity contribution is -0.385. The molecule has 0 unspecified atom stereocenters.